The Morgan fingerprint density at radius 2 is 1.00 bits per heavy atom. The highest BCUT2D eigenvalue weighted by atomic mass is 16.6. The number of anilines is 6. The molecule has 0 atom stereocenters. The van der Waals surface area contributed by atoms with E-state index in [1.54, 1.807) is 23.1 Å². The number of nitrogens with zero attached hydrogens (tertiary/aromatic N) is 2. The van der Waals surface area contributed by atoms with Gasteiger partial charge in [-0.1, -0.05) is 84.9 Å². The van der Waals surface area contributed by atoms with Crippen molar-refractivity contribution in [2.45, 2.75) is 0 Å². The van der Waals surface area contributed by atoms with Crippen LogP contribution in [0.3, 0.4) is 0 Å². The fourth-order valence-corrected chi connectivity index (χ4v) is 6.09. The van der Waals surface area contributed by atoms with E-state index in [4.69, 9.17) is 20.7 Å². The van der Waals surface area contributed by atoms with Crippen LogP contribution in [-0.4, -0.2) is 0 Å². The van der Waals surface area contributed by atoms with Gasteiger partial charge >= 0.3 is 0 Å². The van der Waals surface area contributed by atoms with Crippen molar-refractivity contribution in [3.8, 4) is 23.0 Å². The first-order chi connectivity index (χ1) is 25.4. The fourth-order valence-electron chi connectivity index (χ4n) is 6.09. The molecule has 7 aromatic carbocycles. The average Bonchev–Trinajstić information content (AvgIpc) is 3.57. The van der Waals surface area contributed by atoms with Gasteiger partial charge in [0.15, 0.2) is 28.6 Å². The molecular weight excluding hydrogens is 580 g/mol. The second-order valence-corrected chi connectivity index (χ2v) is 11.0. The minimum absolute atomic E-state index is 0.0272. The van der Waals surface area contributed by atoms with E-state index in [2.05, 4.69) is 17.0 Å². The lowest BCUT2D eigenvalue weighted by atomic mass is 10.1. The molecule has 0 spiro atoms. The van der Waals surface area contributed by atoms with Crippen LogP contribution < -0.4 is 19.3 Å². The Morgan fingerprint density at radius 3 is 1.68 bits per heavy atom. The van der Waals surface area contributed by atoms with Crippen molar-refractivity contribution in [1.82, 2.24) is 0 Å². The first-order valence-corrected chi connectivity index (χ1v) is 15.2. The molecule has 0 amide bonds. The lowest BCUT2D eigenvalue weighted by molar-refractivity contribution is 0.360. The number of hydrogen-bond donors (Lipinski definition) is 0. The van der Waals surface area contributed by atoms with Gasteiger partial charge in [-0.05, 0) is 72.7 Å². The molecule has 0 bridgehead atoms. The summed E-state index contributed by atoms with van der Waals surface area (Å²) in [4.78, 5) is 3.77. The largest absolute Gasteiger partial charge is 0.454 e. The molecule has 0 fully saturated rings. The van der Waals surface area contributed by atoms with E-state index >= 15 is 0 Å². The van der Waals surface area contributed by atoms with E-state index in [1.165, 1.54) is 0 Å². The molecule has 5 nitrogen and oxygen atoms in total. The van der Waals surface area contributed by atoms with Crippen LogP contribution >= 0.6 is 0 Å². The molecule has 9 rings (SSSR count). The molecule has 0 radical (unpaired) electrons. The van der Waals surface area contributed by atoms with Gasteiger partial charge in [0.05, 0.1) is 23.9 Å². The molecular formula is C42H28N2O3. The van der Waals surface area contributed by atoms with Crippen LogP contribution in [-0.2, 0) is 0 Å². The van der Waals surface area contributed by atoms with E-state index in [9.17, 15) is 0 Å². The summed E-state index contributed by atoms with van der Waals surface area (Å²) in [5, 5.41) is 2.06. The SMILES string of the molecule is [2H]c1c([2H])c([2H])c(N(c2ccccc2)c2ccc3c(c2)Oc2ccc(N(c4ccccc4)c4cccc5c4oc4ccccc45)cc2O3)c([2H])c1[2H]. The summed E-state index contributed by atoms with van der Waals surface area (Å²) in [6.07, 6.45) is 0. The predicted octanol–water partition coefficient (Wildman–Crippen LogP) is 12.4. The summed E-state index contributed by atoms with van der Waals surface area (Å²) in [5.41, 5.74) is 5.39. The Balaban J connectivity index is 1.12. The Bertz CT molecular complexity index is 2640. The van der Waals surface area contributed by atoms with E-state index < -0.39 is 18.1 Å². The minimum atomic E-state index is -0.454. The van der Waals surface area contributed by atoms with Crippen molar-refractivity contribution in [3.63, 3.8) is 0 Å². The third-order valence-electron chi connectivity index (χ3n) is 8.17. The summed E-state index contributed by atoms with van der Waals surface area (Å²) in [7, 11) is 0. The Labute approximate surface area is 279 Å². The summed E-state index contributed by atoms with van der Waals surface area (Å²) >= 11 is 0. The topological polar surface area (TPSA) is 38.1 Å². The van der Waals surface area contributed by atoms with Crippen molar-refractivity contribution < 1.29 is 20.7 Å². The van der Waals surface area contributed by atoms with Gasteiger partial charge in [-0.2, -0.15) is 0 Å². The first kappa shape index (κ1) is 22.1. The molecule has 1 aromatic heterocycles. The molecule has 0 saturated heterocycles. The molecule has 0 N–H and O–H groups in total. The van der Waals surface area contributed by atoms with Gasteiger partial charge in [-0.15, -0.1) is 0 Å². The highest BCUT2D eigenvalue weighted by Crippen LogP contribution is 2.51. The van der Waals surface area contributed by atoms with E-state index in [1.807, 2.05) is 109 Å². The van der Waals surface area contributed by atoms with Gasteiger partial charge in [0, 0.05) is 40.0 Å². The maximum Gasteiger partial charge on any atom is 0.172 e. The van der Waals surface area contributed by atoms with Crippen LogP contribution in [0.15, 0.2) is 174 Å². The molecule has 8 aromatic rings. The lowest BCUT2D eigenvalue weighted by Gasteiger charge is -2.29. The Hall–Kier alpha value is -6.46. The summed E-state index contributed by atoms with van der Waals surface area (Å²) in [6.45, 7) is 0. The second kappa shape index (κ2) is 11.2. The van der Waals surface area contributed by atoms with Gasteiger partial charge < -0.3 is 23.7 Å². The third kappa shape index (κ3) is 4.73. The van der Waals surface area contributed by atoms with Crippen molar-refractivity contribution in [1.29, 1.82) is 0 Å². The maximum atomic E-state index is 8.72. The molecule has 224 valence electrons. The van der Waals surface area contributed by atoms with Gasteiger partial charge in [-0.25, -0.2) is 0 Å². The second-order valence-electron chi connectivity index (χ2n) is 11.0. The number of fused-ring (bicyclic) bond motifs is 5. The van der Waals surface area contributed by atoms with E-state index in [0.717, 1.165) is 39.0 Å². The van der Waals surface area contributed by atoms with Gasteiger partial charge in [0.2, 0.25) is 0 Å². The van der Waals surface area contributed by atoms with Crippen LogP contribution in [0.2, 0.25) is 0 Å². The number of rotatable bonds is 6. The Kier molecular flexibility index (Phi) is 5.25. The zero-order valence-electron chi connectivity index (χ0n) is 29.9. The monoisotopic (exact) mass is 613 g/mol. The number of para-hydroxylation sites is 5. The first-order valence-electron chi connectivity index (χ1n) is 17.7. The van der Waals surface area contributed by atoms with Crippen LogP contribution in [0.25, 0.3) is 21.9 Å². The number of furan rings is 1. The normalized spacial score (nSPS) is 13.2. The van der Waals surface area contributed by atoms with Crippen LogP contribution in [0.4, 0.5) is 34.1 Å². The van der Waals surface area contributed by atoms with E-state index in [-0.39, 0.29) is 17.8 Å². The molecule has 1 aliphatic heterocycles. The van der Waals surface area contributed by atoms with Crippen molar-refractivity contribution in [3.05, 3.63) is 170 Å². The van der Waals surface area contributed by atoms with Gasteiger partial charge in [-0.3, -0.25) is 0 Å². The third-order valence-corrected chi connectivity index (χ3v) is 8.17. The average molecular weight is 614 g/mol. The van der Waals surface area contributed by atoms with Crippen LogP contribution in [0.5, 0.6) is 23.0 Å². The summed E-state index contributed by atoms with van der Waals surface area (Å²) in [6, 6.07) is 42.5. The zero-order valence-corrected chi connectivity index (χ0v) is 24.9. The highest BCUT2D eigenvalue weighted by Gasteiger charge is 2.25. The molecule has 0 aliphatic carbocycles. The van der Waals surface area contributed by atoms with Crippen LogP contribution in [0, 0.1) is 0 Å². The quantitative estimate of drug-likeness (QED) is 0.186. The minimum Gasteiger partial charge on any atom is -0.454 e. The fraction of sp³-hybridized carbons (Fsp3) is 0. The predicted molar refractivity (Wildman–Crippen MR) is 190 cm³/mol. The Morgan fingerprint density at radius 1 is 0.426 bits per heavy atom. The summed E-state index contributed by atoms with van der Waals surface area (Å²) < 4.78 is 61.5. The van der Waals surface area contributed by atoms with Crippen molar-refractivity contribution in [2.24, 2.45) is 0 Å². The van der Waals surface area contributed by atoms with E-state index in [0.29, 0.717) is 34.4 Å². The summed E-state index contributed by atoms with van der Waals surface area (Å²) in [5.74, 6) is 1.89. The number of benzene rings is 7. The lowest BCUT2D eigenvalue weighted by Crippen LogP contribution is -2.11. The van der Waals surface area contributed by atoms with Crippen LogP contribution in [0.1, 0.15) is 6.85 Å². The van der Waals surface area contributed by atoms with Gasteiger partial charge in [0.25, 0.3) is 0 Å². The molecule has 0 saturated carbocycles. The smallest absolute Gasteiger partial charge is 0.172 e. The number of ether oxygens (including phenoxy) is 2. The number of hydrogen-bond acceptors (Lipinski definition) is 5. The van der Waals surface area contributed by atoms with Crippen molar-refractivity contribution in [2.75, 3.05) is 9.80 Å². The molecule has 1 aliphatic rings. The molecule has 2 heterocycles. The maximum absolute atomic E-state index is 8.72. The standard InChI is InChI=1S/C42H28N2O3/c1-4-13-29(14-5-1)43(30-15-6-2-7-16-30)32-23-25-38-40(27-32)45-39-26-24-33(28-41(39)46-38)44(31-17-8-3-9-18-31)36-21-12-20-35-34-19-10-11-22-37(34)47-42(35)36/h1-28H/i1D,4D,5D,13D,14D. The molecule has 0 unspecified atom stereocenters. The molecule has 47 heavy (non-hydrogen) atoms. The zero-order chi connectivity index (χ0) is 35.5. The van der Waals surface area contributed by atoms with Crippen molar-refractivity contribution >= 4 is 56.1 Å². The molecule has 5 heteroatoms. The van der Waals surface area contributed by atoms with Gasteiger partial charge in [0.1, 0.15) is 5.58 Å². The highest BCUT2D eigenvalue weighted by molar-refractivity contribution is 6.10.